The molecule has 0 spiro atoms. The van der Waals surface area contributed by atoms with Crippen LogP contribution in [0.1, 0.15) is 37.5 Å². The van der Waals surface area contributed by atoms with Crippen LogP contribution in [-0.2, 0) is 34.1 Å². The van der Waals surface area contributed by atoms with E-state index in [1.807, 2.05) is 48.5 Å². The minimum Gasteiger partial charge on any atom is -0.465 e. The molecule has 3 heterocycles. The number of pyridine rings is 1. The summed E-state index contributed by atoms with van der Waals surface area (Å²) in [7, 11) is -2.49. The summed E-state index contributed by atoms with van der Waals surface area (Å²) in [6.07, 6.45) is 3.02. The molecule has 0 unspecified atom stereocenters. The molecule has 1 aliphatic heterocycles. The molecule has 1 amide bonds. The number of aromatic nitrogens is 2. The van der Waals surface area contributed by atoms with Crippen molar-refractivity contribution in [2.45, 2.75) is 19.4 Å². The first-order valence-electron chi connectivity index (χ1n) is 15.7. The Morgan fingerprint density at radius 1 is 0.875 bits per heavy atom. The van der Waals surface area contributed by atoms with E-state index in [9.17, 15) is 18.0 Å². The molecule has 0 saturated heterocycles. The molecule has 4 aromatic carbocycles. The monoisotopic (exact) mass is 658 g/mol. The van der Waals surface area contributed by atoms with Crippen LogP contribution < -0.4 is 5.32 Å². The van der Waals surface area contributed by atoms with Crippen molar-refractivity contribution in [3.8, 4) is 11.3 Å². The maximum Gasteiger partial charge on any atom is 0.339 e. The average Bonchev–Trinajstić information content (AvgIpc) is 3.50. The van der Waals surface area contributed by atoms with Gasteiger partial charge < -0.3 is 10.1 Å². The zero-order valence-electron chi connectivity index (χ0n) is 26.6. The van der Waals surface area contributed by atoms with Gasteiger partial charge >= 0.3 is 5.97 Å². The molecule has 2 aromatic heterocycles. The van der Waals surface area contributed by atoms with Gasteiger partial charge in [-0.15, -0.1) is 0 Å². The minimum atomic E-state index is -3.75. The lowest BCUT2D eigenvalue weighted by atomic mass is 9.99. The number of amides is 1. The molecule has 0 saturated carbocycles. The molecule has 1 N–H and O–H groups in total. The highest BCUT2D eigenvalue weighted by molar-refractivity contribution is 7.89. The zero-order valence-corrected chi connectivity index (χ0v) is 27.5. The highest BCUT2D eigenvalue weighted by Gasteiger charge is 2.22. The summed E-state index contributed by atoms with van der Waals surface area (Å²) in [5, 5.41) is 4.47. The number of fused-ring (bicyclic) bond motifs is 3. The summed E-state index contributed by atoms with van der Waals surface area (Å²) in [4.78, 5) is 33.0. The summed E-state index contributed by atoms with van der Waals surface area (Å²) in [6.45, 7) is 2.82. The van der Waals surface area contributed by atoms with Crippen molar-refractivity contribution in [2.75, 3.05) is 31.8 Å². The molecule has 48 heavy (non-hydrogen) atoms. The number of benzene rings is 4. The van der Waals surface area contributed by atoms with E-state index in [0.29, 0.717) is 22.3 Å². The van der Waals surface area contributed by atoms with Crippen LogP contribution in [0.4, 0.5) is 5.69 Å². The predicted octanol–water partition coefficient (Wildman–Crippen LogP) is 6.30. The van der Waals surface area contributed by atoms with Crippen molar-refractivity contribution in [3.05, 3.63) is 131 Å². The molecule has 6 aromatic rings. The highest BCUT2D eigenvalue weighted by atomic mass is 32.2. The molecule has 0 fully saturated rings. The third kappa shape index (κ3) is 6.20. The van der Waals surface area contributed by atoms with Crippen LogP contribution in [0.2, 0.25) is 0 Å². The first kappa shape index (κ1) is 31.3. The van der Waals surface area contributed by atoms with E-state index in [1.165, 1.54) is 28.3 Å². The fraction of sp³-hybridized carbons (Fsp3) is 0.184. The molecule has 242 valence electrons. The maximum absolute atomic E-state index is 13.4. The topological polar surface area (TPSA) is 111 Å². The molecule has 0 radical (unpaired) electrons. The number of methoxy groups -OCH3 is 1. The molecule has 9 nitrogen and oxygen atoms in total. The number of hydrogen-bond donors (Lipinski definition) is 1. The lowest BCUT2D eigenvalue weighted by Crippen LogP contribution is -2.32. The summed E-state index contributed by atoms with van der Waals surface area (Å²) < 4.78 is 32.7. The van der Waals surface area contributed by atoms with Crippen molar-refractivity contribution < 1.29 is 22.7 Å². The van der Waals surface area contributed by atoms with Gasteiger partial charge in [0.1, 0.15) is 5.69 Å². The quantitative estimate of drug-likeness (QED) is 0.191. The maximum atomic E-state index is 13.4. The van der Waals surface area contributed by atoms with Crippen LogP contribution >= 0.6 is 0 Å². The van der Waals surface area contributed by atoms with Crippen molar-refractivity contribution in [1.82, 2.24) is 13.9 Å². The second-order valence-corrected chi connectivity index (χ2v) is 13.9. The highest BCUT2D eigenvalue weighted by Crippen LogP contribution is 2.33. The Morgan fingerprint density at radius 2 is 1.67 bits per heavy atom. The summed E-state index contributed by atoms with van der Waals surface area (Å²) in [5.74, 6) is -1.16. The predicted molar refractivity (Wildman–Crippen MR) is 188 cm³/mol. The van der Waals surface area contributed by atoms with Gasteiger partial charge in [-0.3, -0.25) is 9.69 Å². The lowest BCUT2D eigenvalue weighted by molar-refractivity contribution is 0.0602. The van der Waals surface area contributed by atoms with Crippen LogP contribution in [0.25, 0.3) is 33.1 Å². The van der Waals surface area contributed by atoms with Crippen LogP contribution in [-0.4, -0.2) is 60.6 Å². The van der Waals surface area contributed by atoms with E-state index in [4.69, 9.17) is 4.74 Å². The minimum absolute atomic E-state index is 0.125. The Hall–Kier alpha value is -5.32. The number of nitrogens with one attached hydrogen (secondary N) is 1. The van der Waals surface area contributed by atoms with E-state index >= 15 is 0 Å². The largest absolute Gasteiger partial charge is 0.465 e. The van der Waals surface area contributed by atoms with E-state index in [2.05, 4.69) is 39.5 Å². The van der Waals surface area contributed by atoms with Crippen molar-refractivity contribution in [1.29, 1.82) is 0 Å². The second kappa shape index (κ2) is 12.7. The Morgan fingerprint density at radius 3 is 2.48 bits per heavy atom. The molecular formula is C38H34N4O5S. The normalized spacial score (nSPS) is 13.4. The van der Waals surface area contributed by atoms with Gasteiger partial charge in [0, 0.05) is 36.0 Å². The van der Waals surface area contributed by atoms with E-state index in [1.54, 1.807) is 24.3 Å². The van der Waals surface area contributed by atoms with Crippen molar-refractivity contribution in [3.63, 3.8) is 0 Å². The molecule has 0 atom stereocenters. The summed E-state index contributed by atoms with van der Waals surface area (Å²) in [6, 6.07) is 31.9. The van der Waals surface area contributed by atoms with Crippen LogP contribution in [0.5, 0.6) is 0 Å². The number of anilines is 1. The first-order chi connectivity index (χ1) is 23.2. The van der Waals surface area contributed by atoms with Crippen LogP contribution in [0, 0.1) is 0 Å². The van der Waals surface area contributed by atoms with Gasteiger partial charge in [0.05, 0.1) is 41.3 Å². The number of ether oxygens (including phenoxy) is 1. The fourth-order valence-corrected chi connectivity index (χ4v) is 7.50. The average molecular weight is 659 g/mol. The van der Waals surface area contributed by atoms with Crippen LogP contribution in [0.3, 0.4) is 0 Å². The smallest absolute Gasteiger partial charge is 0.339 e. The standard InChI is InChI=1S/C38H34N4O5S/c1-47-38(44)31-14-12-28(22-34(31)40-37(43)33-15-13-27-8-5-6-10-32(27)39-33)36-23-30-21-25(11-16-35(30)42(36)48(2,45)46)17-19-41-20-18-26-7-3-4-9-29(26)24-41/h3-16,21-23H,17-20,24H2,1-2H3,(H,40,43). The fourth-order valence-electron chi connectivity index (χ4n) is 6.46. The third-order valence-corrected chi connectivity index (χ3v) is 9.94. The Balaban J connectivity index is 1.21. The summed E-state index contributed by atoms with van der Waals surface area (Å²) >= 11 is 0. The van der Waals surface area contributed by atoms with Gasteiger partial charge in [-0.2, -0.15) is 0 Å². The Bertz CT molecular complexity index is 2330. The van der Waals surface area contributed by atoms with Gasteiger partial charge in [0.2, 0.25) is 10.0 Å². The number of carbonyl (C=O) groups is 2. The van der Waals surface area contributed by atoms with E-state index in [0.717, 1.165) is 55.1 Å². The SMILES string of the molecule is COC(=O)c1ccc(-c2cc3cc(CCN4CCc5ccccc5C4)ccc3n2S(C)(=O)=O)cc1NC(=O)c1ccc2ccccc2n1. The van der Waals surface area contributed by atoms with E-state index in [-0.39, 0.29) is 16.9 Å². The first-order valence-corrected chi connectivity index (χ1v) is 17.6. The van der Waals surface area contributed by atoms with Gasteiger partial charge in [-0.1, -0.05) is 60.7 Å². The Kier molecular flexibility index (Phi) is 8.28. The third-order valence-electron chi connectivity index (χ3n) is 8.88. The summed E-state index contributed by atoms with van der Waals surface area (Å²) in [5.41, 5.74) is 6.48. The van der Waals surface area contributed by atoms with Crippen molar-refractivity contribution >= 4 is 49.4 Å². The van der Waals surface area contributed by atoms with Gasteiger partial charge in [-0.05, 0) is 72.0 Å². The number of esters is 1. The number of nitrogens with zero attached hydrogens (tertiary/aromatic N) is 3. The number of hydrogen-bond acceptors (Lipinski definition) is 7. The molecular weight excluding hydrogens is 625 g/mol. The van der Waals surface area contributed by atoms with Crippen molar-refractivity contribution in [2.24, 2.45) is 0 Å². The molecule has 0 bridgehead atoms. The number of rotatable bonds is 8. The zero-order chi connectivity index (χ0) is 33.4. The molecule has 10 heteroatoms. The van der Waals surface area contributed by atoms with Gasteiger partial charge in [-0.25, -0.2) is 22.2 Å². The molecule has 7 rings (SSSR count). The number of para-hydroxylation sites is 1. The molecule has 1 aliphatic rings. The lowest BCUT2D eigenvalue weighted by Gasteiger charge is -2.28. The van der Waals surface area contributed by atoms with Gasteiger partial charge in [0.25, 0.3) is 5.91 Å². The molecule has 0 aliphatic carbocycles. The van der Waals surface area contributed by atoms with E-state index < -0.39 is 21.9 Å². The van der Waals surface area contributed by atoms with Crippen LogP contribution in [0.15, 0.2) is 103 Å². The number of carbonyl (C=O) groups excluding carboxylic acids is 2. The Labute approximate surface area is 278 Å². The van der Waals surface area contributed by atoms with Gasteiger partial charge in [0.15, 0.2) is 0 Å². The second-order valence-electron chi connectivity index (χ2n) is 12.1.